The van der Waals surface area contributed by atoms with E-state index in [2.05, 4.69) is 13.5 Å². The van der Waals surface area contributed by atoms with Crippen LogP contribution in [-0.2, 0) is 8.85 Å². The molecule has 0 saturated carbocycles. The molecule has 0 N–H and O–H groups in total. The van der Waals surface area contributed by atoms with Gasteiger partial charge in [0.15, 0.2) is 0 Å². The topological polar surface area (TPSA) is 18.5 Å². The van der Waals surface area contributed by atoms with Gasteiger partial charge in [0.1, 0.15) is 0 Å². The first kappa shape index (κ1) is 8.88. The largest absolute Gasteiger partial charge is 0.397 e. The van der Waals surface area contributed by atoms with E-state index in [1.54, 1.807) is 12.8 Å². The van der Waals surface area contributed by atoms with Crippen molar-refractivity contribution < 1.29 is 8.85 Å². The average molecular weight is 146 g/mol. The molecule has 0 radical (unpaired) electrons. The lowest BCUT2D eigenvalue weighted by Crippen LogP contribution is -2.18. The zero-order valence-corrected chi connectivity index (χ0v) is 7.25. The van der Waals surface area contributed by atoms with Crippen LogP contribution < -0.4 is 0 Å². The molecular weight excluding hydrogens is 132 g/mol. The van der Waals surface area contributed by atoms with Crippen LogP contribution in [0.5, 0.6) is 0 Å². The maximum Gasteiger partial charge on any atom is 0.347 e. The van der Waals surface area contributed by atoms with Gasteiger partial charge in [-0.3, -0.25) is 0 Å². The van der Waals surface area contributed by atoms with Crippen LogP contribution in [0.1, 0.15) is 13.3 Å². The van der Waals surface area contributed by atoms with Crippen LogP contribution in [0.15, 0.2) is 12.3 Å². The highest BCUT2D eigenvalue weighted by Gasteiger charge is 2.02. The minimum absolute atomic E-state index is 0.788. The van der Waals surface area contributed by atoms with Gasteiger partial charge in [-0.05, 0) is 6.42 Å². The first-order valence-corrected chi connectivity index (χ1v) is 4.73. The summed E-state index contributed by atoms with van der Waals surface area (Å²) in [5.74, 6) is 0. The summed E-state index contributed by atoms with van der Waals surface area (Å²) < 4.78 is 10.3. The van der Waals surface area contributed by atoms with Crippen molar-refractivity contribution in [2.45, 2.75) is 13.3 Å². The summed E-state index contributed by atoms with van der Waals surface area (Å²) in [5.41, 5.74) is 1.77. The fourth-order valence-electron chi connectivity index (χ4n) is 0.466. The smallest absolute Gasteiger partial charge is 0.347 e. The molecule has 0 bridgehead atoms. The molecule has 0 amide bonds. The predicted molar refractivity (Wildman–Crippen MR) is 40.6 cm³/mol. The Hall–Kier alpha value is -0.123. The predicted octanol–water partition coefficient (Wildman–Crippen LogP) is 1.01. The van der Waals surface area contributed by atoms with Gasteiger partial charge in [0.2, 0.25) is 0 Å². The Bertz CT molecular complexity index is 75.5. The number of rotatable bonds is 5. The normalized spacial score (nSPS) is 13.1. The van der Waals surface area contributed by atoms with Gasteiger partial charge >= 0.3 is 9.28 Å². The Balaban J connectivity index is 3.20. The second-order valence-electron chi connectivity index (χ2n) is 1.71. The summed E-state index contributed by atoms with van der Waals surface area (Å²) in [7, 11) is 0.215. The first-order chi connectivity index (χ1) is 4.35. The summed E-state index contributed by atoms with van der Waals surface area (Å²) in [6.07, 6.45) is 1.04. The van der Waals surface area contributed by atoms with Gasteiger partial charge in [0.05, 0.1) is 0 Å². The minimum Gasteiger partial charge on any atom is -0.397 e. The third-order valence-corrected chi connectivity index (χ3v) is 2.32. The molecular formula is C6H14O2Si. The van der Waals surface area contributed by atoms with E-state index in [9.17, 15) is 0 Å². The van der Waals surface area contributed by atoms with Crippen LogP contribution in [0.2, 0.25) is 0 Å². The lowest BCUT2D eigenvalue weighted by atomic mass is 10.5. The van der Waals surface area contributed by atoms with Crippen LogP contribution in [-0.4, -0.2) is 23.0 Å². The molecule has 3 heteroatoms. The van der Waals surface area contributed by atoms with Crippen molar-refractivity contribution in [2.75, 3.05) is 13.7 Å². The molecule has 0 aromatic rings. The van der Waals surface area contributed by atoms with Crippen molar-refractivity contribution in [3.63, 3.8) is 0 Å². The zero-order valence-electron chi connectivity index (χ0n) is 6.09. The van der Waals surface area contributed by atoms with Crippen LogP contribution in [0, 0.1) is 0 Å². The SMILES string of the molecule is C=C[SiH](OC)OCCC. The third kappa shape index (κ3) is 4.38. The highest BCUT2D eigenvalue weighted by molar-refractivity contribution is 6.50. The van der Waals surface area contributed by atoms with Gasteiger partial charge in [-0.25, -0.2) is 0 Å². The molecule has 54 valence electrons. The molecule has 0 aliphatic rings. The zero-order chi connectivity index (χ0) is 7.11. The molecule has 1 atom stereocenters. The molecule has 1 unspecified atom stereocenters. The summed E-state index contributed by atoms with van der Waals surface area (Å²) in [4.78, 5) is 0. The van der Waals surface area contributed by atoms with Crippen molar-refractivity contribution in [3.05, 3.63) is 12.3 Å². The quantitative estimate of drug-likeness (QED) is 0.539. The molecule has 0 heterocycles. The van der Waals surface area contributed by atoms with Crippen molar-refractivity contribution >= 4 is 9.28 Å². The highest BCUT2D eigenvalue weighted by Crippen LogP contribution is 1.89. The molecule has 9 heavy (non-hydrogen) atoms. The standard InChI is InChI=1S/C6H14O2Si/c1-4-6-8-9(5-2)7-3/h5,9H,2,4,6H2,1,3H3. The van der Waals surface area contributed by atoms with Gasteiger partial charge in [-0.2, -0.15) is 0 Å². The lowest BCUT2D eigenvalue weighted by Gasteiger charge is -2.07. The second-order valence-corrected chi connectivity index (χ2v) is 3.72. The van der Waals surface area contributed by atoms with Gasteiger partial charge in [0, 0.05) is 13.7 Å². The Morgan fingerprint density at radius 1 is 1.67 bits per heavy atom. The van der Waals surface area contributed by atoms with Crippen LogP contribution in [0.3, 0.4) is 0 Å². The molecule has 0 fully saturated rings. The van der Waals surface area contributed by atoms with Gasteiger partial charge in [0.25, 0.3) is 0 Å². The third-order valence-electron chi connectivity index (χ3n) is 0.911. The summed E-state index contributed by atoms with van der Waals surface area (Å²) in [6, 6.07) is 0. The van der Waals surface area contributed by atoms with E-state index in [0.29, 0.717) is 0 Å². The van der Waals surface area contributed by atoms with Gasteiger partial charge in [-0.1, -0.05) is 12.6 Å². The van der Waals surface area contributed by atoms with Crippen molar-refractivity contribution in [2.24, 2.45) is 0 Å². The lowest BCUT2D eigenvalue weighted by molar-refractivity contribution is 0.240. The molecule has 0 aliphatic heterocycles. The Kier molecular flexibility index (Phi) is 5.92. The van der Waals surface area contributed by atoms with E-state index in [-0.39, 0.29) is 0 Å². The molecule has 0 spiro atoms. The number of hydrogen-bond acceptors (Lipinski definition) is 2. The molecule has 0 aliphatic carbocycles. The summed E-state index contributed by atoms with van der Waals surface area (Å²) in [6.45, 7) is 6.46. The van der Waals surface area contributed by atoms with Gasteiger partial charge < -0.3 is 8.85 Å². The van der Waals surface area contributed by atoms with E-state index in [1.807, 2.05) is 0 Å². The summed E-state index contributed by atoms with van der Waals surface area (Å²) in [5, 5.41) is 0. The molecule has 0 aromatic heterocycles. The van der Waals surface area contributed by atoms with Crippen LogP contribution in [0.25, 0.3) is 0 Å². The number of hydrogen-bond donors (Lipinski definition) is 0. The van der Waals surface area contributed by atoms with E-state index in [4.69, 9.17) is 8.85 Å². The minimum atomic E-state index is -1.45. The summed E-state index contributed by atoms with van der Waals surface area (Å²) >= 11 is 0. The Labute approximate surface area is 58.3 Å². The highest BCUT2D eigenvalue weighted by atomic mass is 28.3. The van der Waals surface area contributed by atoms with Crippen molar-refractivity contribution in [1.29, 1.82) is 0 Å². The fraction of sp³-hybridized carbons (Fsp3) is 0.667. The van der Waals surface area contributed by atoms with Crippen molar-refractivity contribution in [3.8, 4) is 0 Å². The van der Waals surface area contributed by atoms with E-state index in [0.717, 1.165) is 13.0 Å². The van der Waals surface area contributed by atoms with E-state index >= 15 is 0 Å². The van der Waals surface area contributed by atoms with Crippen LogP contribution >= 0.6 is 0 Å². The van der Waals surface area contributed by atoms with Gasteiger partial charge in [-0.15, -0.1) is 6.58 Å². The molecule has 2 nitrogen and oxygen atoms in total. The maximum absolute atomic E-state index is 5.29. The second kappa shape index (κ2) is 6.00. The van der Waals surface area contributed by atoms with E-state index in [1.165, 1.54) is 0 Å². The molecule has 0 rings (SSSR count). The van der Waals surface area contributed by atoms with E-state index < -0.39 is 9.28 Å². The average Bonchev–Trinajstić information content (AvgIpc) is 1.91. The molecule has 0 saturated heterocycles. The Morgan fingerprint density at radius 3 is 2.67 bits per heavy atom. The fourth-order valence-corrected chi connectivity index (χ4v) is 1.40. The molecule has 0 aromatic carbocycles. The first-order valence-electron chi connectivity index (χ1n) is 3.12. The van der Waals surface area contributed by atoms with Crippen molar-refractivity contribution in [1.82, 2.24) is 0 Å². The Morgan fingerprint density at radius 2 is 2.33 bits per heavy atom. The van der Waals surface area contributed by atoms with Crippen LogP contribution in [0.4, 0.5) is 0 Å². The maximum atomic E-state index is 5.29. The monoisotopic (exact) mass is 146 g/mol.